The topological polar surface area (TPSA) is 68.2 Å². The fraction of sp³-hybridized carbons (Fsp3) is 0.375. The van der Waals surface area contributed by atoms with Crippen LogP contribution >= 0.6 is 0 Å². The molecule has 1 aromatic heterocycles. The molecule has 3 rings (SSSR count). The number of benzene rings is 1. The molecule has 1 aliphatic heterocycles. The maximum Gasteiger partial charge on any atom is 0.319 e. The summed E-state index contributed by atoms with van der Waals surface area (Å²) < 4.78 is 7.30. The number of rotatable bonds is 4. The lowest BCUT2D eigenvalue weighted by Gasteiger charge is -2.22. The van der Waals surface area contributed by atoms with Crippen molar-refractivity contribution in [2.45, 2.75) is 25.4 Å². The molecule has 0 radical (unpaired) electrons. The number of nitrogens with one attached hydrogen (secondary N) is 2. The van der Waals surface area contributed by atoms with Crippen molar-refractivity contribution in [1.29, 1.82) is 0 Å². The van der Waals surface area contributed by atoms with E-state index in [1.807, 2.05) is 30.3 Å². The third-order valence-corrected chi connectivity index (χ3v) is 3.63. The molecule has 2 amide bonds. The van der Waals surface area contributed by atoms with Gasteiger partial charge in [-0.2, -0.15) is 5.10 Å². The molecule has 2 N–H and O–H groups in total. The Morgan fingerprint density at radius 2 is 2.18 bits per heavy atom. The number of nitrogens with zero attached hydrogens (tertiary/aromatic N) is 2. The number of hydrogen-bond acceptors (Lipinski definition) is 3. The van der Waals surface area contributed by atoms with Gasteiger partial charge in [-0.05, 0) is 31.4 Å². The van der Waals surface area contributed by atoms with Gasteiger partial charge in [-0.15, -0.1) is 0 Å². The Morgan fingerprint density at radius 3 is 2.95 bits per heavy atom. The minimum absolute atomic E-state index is 0.131. The lowest BCUT2D eigenvalue weighted by atomic mass is 10.1. The summed E-state index contributed by atoms with van der Waals surface area (Å²) in [5, 5.41) is 9.86. The summed E-state index contributed by atoms with van der Waals surface area (Å²) in [6, 6.07) is 9.52. The second-order valence-corrected chi connectivity index (χ2v) is 5.33. The number of ether oxygens (including phenoxy) is 1. The predicted molar refractivity (Wildman–Crippen MR) is 84.2 cm³/mol. The molecule has 1 atom stereocenters. The zero-order chi connectivity index (χ0) is 15.2. The van der Waals surface area contributed by atoms with Crippen LogP contribution in [0.5, 0.6) is 0 Å². The molecule has 2 heterocycles. The second-order valence-electron chi connectivity index (χ2n) is 5.33. The molecule has 0 saturated carbocycles. The fourth-order valence-corrected chi connectivity index (χ4v) is 2.46. The van der Waals surface area contributed by atoms with Crippen molar-refractivity contribution in [3.05, 3.63) is 42.7 Å². The Kier molecular flexibility index (Phi) is 4.70. The van der Waals surface area contributed by atoms with Gasteiger partial charge in [0.15, 0.2) is 0 Å². The Balaban J connectivity index is 1.50. The SMILES string of the molecule is O=C(NC[C@H]1CCCCO1)Nc1cnn(-c2ccccc2)c1. The van der Waals surface area contributed by atoms with E-state index in [0.717, 1.165) is 31.6 Å². The number of para-hydroxylation sites is 1. The van der Waals surface area contributed by atoms with Gasteiger partial charge in [0.1, 0.15) is 0 Å². The van der Waals surface area contributed by atoms with Gasteiger partial charge in [-0.1, -0.05) is 18.2 Å². The van der Waals surface area contributed by atoms with Crippen molar-refractivity contribution >= 4 is 11.7 Å². The molecule has 1 fully saturated rings. The van der Waals surface area contributed by atoms with Gasteiger partial charge in [0.25, 0.3) is 0 Å². The molecule has 6 heteroatoms. The van der Waals surface area contributed by atoms with Crippen molar-refractivity contribution in [2.24, 2.45) is 0 Å². The van der Waals surface area contributed by atoms with E-state index in [0.29, 0.717) is 12.2 Å². The highest BCUT2D eigenvalue weighted by Gasteiger charge is 2.14. The van der Waals surface area contributed by atoms with E-state index in [2.05, 4.69) is 15.7 Å². The van der Waals surface area contributed by atoms with Gasteiger partial charge in [0.2, 0.25) is 0 Å². The van der Waals surface area contributed by atoms with Crippen molar-refractivity contribution in [1.82, 2.24) is 15.1 Å². The molecule has 0 spiro atoms. The molecule has 22 heavy (non-hydrogen) atoms. The van der Waals surface area contributed by atoms with Crippen LogP contribution in [0.15, 0.2) is 42.7 Å². The molecule has 2 aromatic rings. The first-order chi connectivity index (χ1) is 10.8. The fourth-order valence-electron chi connectivity index (χ4n) is 2.46. The standard InChI is InChI=1S/C16H20N4O2/c21-16(17-11-15-8-4-5-9-22-15)19-13-10-18-20(12-13)14-6-2-1-3-7-14/h1-3,6-7,10,12,15H,4-5,8-9,11H2,(H2,17,19,21)/t15-/m1/s1. The van der Waals surface area contributed by atoms with E-state index in [4.69, 9.17) is 4.74 Å². The molecule has 0 aliphatic carbocycles. The molecule has 1 saturated heterocycles. The van der Waals surface area contributed by atoms with Crippen LogP contribution in [0.4, 0.5) is 10.5 Å². The summed E-state index contributed by atoms with van der Waals surface area (Å²) >= 11 is 0. The quantitative estimate of drug-likeness (QED) is 0.912. The third-order valence-electron chi connectivity index (χ3n) is 3.63. The minimum Gasteiger partial charge on any atom is -0.376 e. The van der Waals surface area contributed by atoms with E-state index < -0.39 is 0 Å². The van der Waals surface area contributed by atoms with Gasteiger partial charge >= 0.3 is 6.03 Å². The molecule has 0 unspecified atom stereocenters. The second kappa shape index (κ2) is 7.09. The van der Waals surface area contributed by atoms with Crippen molar-refractivity contribution in [2.75, 3.05) is 18.5 Å². The summed E-state index contributed by atoms with van der Waals surface area (Å²) in [5.74, 6) is 0. The Labute approximate surface area is 129 Å². The lowest BCUT2D eigenvalue weighted by Crippen LogP contribution is -2.37. The van der Waals surface area contributed by atoms with Crippen LogP contribution in [0.2, 0.25) is 0 Å². The summed E-state index contributed by atoms with van der Waals surface area (Å²) in [4.78, 5) is 11.9. The molecule has 6 nitrogen and oxygen atoms in total. The molecular formula is C16H20N4O2. The number of amides is 2. The van der Waals surface area contributed by atoms with Gasteiger partial charge < -0.3 is 15.4 Å². The smallest absolute Gasteiger partial charge is 0.319 e. The highest BCUT2D eigenvalue weighted by atomic mass is 16.5. The number of urea groups is 1. The van der Waals surface area contributed by atoms with Crippen LogP contribution in [0.1, 0.15) is 19.3 Å². The highest BCUT2D eigenvalue weighted by Crippen LogP contribution is 2.12. The van der Waals surface area contributed by atoms with E-state index in [-0.39, 0.29) is 12.1 Å². The maximum atomic E-state index is 11.9. The van der Waals surface area contributed by atoms with Crippen LogP contribution in [0.25, 0.3) is 5.69 Å². The van der Waals surface area contributed by atoms with Gasteiger partial charge in [-0.25, -0.2) is 9.48 Å². The first kappa shape index (κ1) is 14.6. The van der Waals surface area contributed by atoms with Crippen LogP contribution in [0.3, 0.4) is 0 Å². The van der Waals surface area contributed by atoms with E-state index in [1.54, 1.807) is 17.1 Å². The van der Waals surface area contributed by atoms with Crippen molar-refractivity contribution < 1.29 is 9.53 Å². The normalized spacial score (nSPS) is 17.9. The number of carbonyl (C=O) groups excluding carboxylic acids is 1. The first-order valence-electron chi connectivity index (χ1n) is 7.58. The zero-order valence-electron chi connectivity index (χ0n) is 12.4. The van der Waals surface area contributed by atoms with Gasteiger partial charge in [0, 0.05) is 13.2 Å². The molecule has 1 aromatic carbocycles. The van der Waals surface area contributed by atoms with E-state index in [1.165, 1.54) is 0 Å². The number of carbonyl (C=O) groups is 1. The Bertz CT molecular complexity index is 606. The molecule has 1 aliphatic rings. The lowest BCUT2D eigenvalue weighted by molar-refractivity contribution is 0.0187. The predicted octanol–water partition coefficient (Wildman–Crippen LogP) is 2.56. The van der Waals surface area contributed by atoms with Crippen LogP contribution < -0.4 is 10.6 Å². The van der Waals surface area contributed by atoms with Gasteiger partial charge in [0.05, 0.1) is 29.9 Å². The third kappa shape index (κ3) is 3.85. The summed E-state index contributed by atoms with van der Waals surface area (Å²) in [6.45, 7) is 1.33. The summed E-state index contributed by atoms with van der Waals surface area (Å²) in [6.07, 6.45) is 6.83. The summed E-state index contributed by atoms with van der Waals surface area (Å²) in [7, 11) is 0. The monoisotopic (exact) mass is 300 g/mol. The molecule has 116 valence electrons. The number of hydrogen-bond donors (Lipinski definition) is 2. The van der Waals surface area contributed by atoms with Crippen molar-refractivity contribution in [3.8, 4) is 5.69 Å². The average Bonchev–Trinajstić information content (AvgIpc) is 3.03. The van der Waals surface area contributed by atoms with Crippen LogP contribution in [0, 0.1) is 0 Å². The van der Waals surface area contributed by atoms with E-state index >= 15 is 0 Å². The zero-order valence-corrected chi connectivity index (χ0v) is 12.4. The average molecular weight is 300 g/mol. The molecular weight excluding hydrogens is 280 g/mol. The van der Waals surface area contributed by atoms with Crippen molar-refractivity contribution in [3.63, 3.8) is 0 Å². The largest absolute Gasteiger partial charge is 0.376 e. The van der Waals surface area contributed by atoms with E-state index in [9.17, 15) is 4.79 Å². The molecule has 0 bridgehead atoms. The van der Waals surface area contributed by atoms with Gasteiger partial charge in [-0.3, -0.25) is 0 Å². The Morgan fingerprint density at radius 1 is 1.32 bits per heavy atom. The minimum atomic E-state index is -0.234. The van der Waals surface area contributed by atoms with Crippen LogP contribution in [-0.4, -0.2) is 35.1 Å². The summed E-state index contributed by atoms with van der Waals surface area (Å²) in [5.41, 5.74) is 1.61. The number of anilines is 1. The Hall–Kier alpha value is -2.34. The van der Waals surface area contributed by atoms with Crippen LogP contribution in [-0.2, 0) is 4.74 Å². The number of aromatic nitrogens is 2. The maximum absolute atomic E-state index is 11.9. The first-order valence-corrected chi connectivity index (χ1v) is 7.58. The highest BCUT2D eigenvalue weighted by molar-refractivity contribution is 5.88.